The second-order valence-electron chi connectivity index (χ2n) is 6.67. The summed E-state index contributed by atoms with van der Waals surface area (Å²) in [5, 5.41) is 9.99. The fourth-order valence-corrected chi connectivity index (χ4v) is 4.54. The maximum absolute atomic E-state index is 13.8. The fraction of sp³-hybridized carbons (Fsp3) is 0.222. The van der Waals surface area contributed by atoms with Crippen LogP contribution in [0.15, 0.2) is 43.9 Å². The second kappa shape index (κ2) is 8.34. The molecule has 1 amide bonds. The first-order chi connectivity index (χ1) is 14.5. The highest BCUT2D eigenvalue weighted by molar-refractivity contribution is 9.10. The highest BCUT2D eigenvalue weighted by Gasteiger charge is 2.48. The number of hydrogen-bond donors (Lipinski definition) is 2. The van der Waals surface area contributed by atoms with E-state index in [0.717, 1.165) is 4.68 Å². The standard InChI is InChI=1S/C18H11Br2Cl2F3N4O2/c19-13-4-3-11(31-13)10-6-12(18(23,24)25)29-16(26-10)14(20)15(28-29)17(30)27-9-2-1-7(21)5-8(9)22/h1-5,10,12,26H,6H2,(H,27,30)/t10-,12+/m1/s1. The molecule has 0 spiro atoms. The molecule has 1 aromatic carbocycles. The lowest BCUT2D eigenvalue weighted by Gasteiger charge is -2.32. The topological polar surface area (TPSA) is 72.1 Å². The number of alkyl halides is 3. The van der Waals surface area contributed by atoms with E-state index in [1.54, 1.807) is 12.1 Å². The minimum absolute atomic E-state index is 0.0125. The monoisotopic (exact) mass is 600 g/mol. The van der Waals surface area contributed by atoms with Crippen molar-refractivity contribution in [2.45, 2.75) is 24.7 Å². The van der Waals surface area contributed by atoms with Gasteiger partial charge in [0.2, 0.25) is 0 Å². The van der Waals surface area contributed by atoms with Crippen molar-refractivity contribution in [3.8, 4) is 0 Å². The average molecular weight is 603 g/mol. The first-order valence-electron chi connectivity index (χ1n) is 8.67. The third-order valence-corrected chi connectivity index (χ3v) is 6.35. The second-order valence-corrected chi connectivity index (χ2v) is 9.08. The third-order valence-electron chi connectivity index (χ3n) is 4.63. The molecule has 6 nitrogen and oxygen atoms in total. The van der Waals surface area contributed by atoms with Gasteiger partial charge in [-0.1, -0.05) is 23.2 Å². The molecule has 164 valence electrons. The molecule has 0 saturated carbocycles. The smallest absolute Gasteiger partial charge is 0.410 e. The summed E-state index contributed by atoms with van der Waals surface area (Å²) < 4.78 is 48.1. The molecule has 13 heteroatoms. The van der Waals surface area contributed by atoms with Crippen LogP contribution < -0.4 is 10.6 Å². The number of halogens is 7. The molecule has 0 fully saturated rings. The van der Waals surface area contributed by atoms with Crippen LogP contribution in [0.5, 0.6) is 0 Å². The van der Waals surface area contributed by atoms with Gasteiger partial charge in [0.1, 0.15) is 11.6 Å². The van der Waals surface area contributed by atoms with Crippen molar-refractivity contribution < 1.29 is 22.4 Å². The first kappa shape index (κ1) is 22.5. The van der Waals surface area contributed by atoms with E-state index in [9.17, 15) is 18.0 Å². The Labute approximate surface area is 200 Å². The van der Waals surface area contributed by atoms with E-state index in [-0.39, 0.29) is 33.1 Å². The highest BCUT2D eigenvalue weighted by Crippen LogP contribution is 2.46. The van der Waals surface area contributed by atoms with E-state index in [2.05, 4.69) is 47.6 Å². The number of fused-ring (bicyclic) bond motifs is 1. The number of furan rings is 1. The van der Waals surface area contributed by atoms with Gasteiger partial charge in [-0.2, -0.15) is 18.3 Å². The summed E-state index contributed by atoms with van der Waals surface area (Å²) in [5.74, 6) is -0.407. The van der Waals surface area contributed by atoms with E-state index >= 15 is 0 Å². The maximum atomic E-state index is 13.8. The number of anilines is 2. The third kappa shape index (κ3) is 4.46. The van der Waals surface area contributed by atoms with Crippen molar-refractivity contribution in [3.05, 3.63) is 61.0 Å². The Hall–Kier alpha value is -1.69. The number of benzene rings is 1. The number of nitrogens with zero attached hydrogens (tertiary/aromatic N) is 2. The number of rotatable bonds is 3. The molecule has 0 bridgehead atoms. The summed E-state index contributed by atoms with van der Waals surface area (Å²) in [5.41, 5.74) is 0.0108. The van der Waals surface area contributed by atoms with Crippen molar-refractivity contribution in [1.82, 2.24) is 9.78 Å². The van der Waals surface area contributed by atoms with Crippen LogP contribution in [0, 0.1) is 0 Å². The lowest BCUT2D eigenvalue weighted by atomic mass is 10.0. The summed E-state index contributed by atoms with van der Waals surface area (Å²) in [6.45, 7) is 0. The molecule has 3 aromatic rings. The molecule has 0 radical (unpaired) electrons. The molecule has 1 aliphatic rings. The molecule has 2 N–H and O–H groups in total. The zero-order valence-corrected chi connectivity index (χ0v) is 19.8. The molecule has 2 aromatic heterocycles. The summed E-state index contributed by atoms with van der Waals surface area (Å²) in [7, 11) is 0. The van der Waals surface area contributed by atoms with E-state index in [1.165, 1.54) is 18.2 Å². The van der Waals surface area contributed by atoms with Crippen LogP contribution in [0.4, 0.5) is 24.7 Å². The van der Waals surface area contributed by atoms with Gasteiger partial charge in [0, 0.05) is 11.4 Å². The van der Waals surface area contributed by atoms with Crippen molar-refractivity contribution in [2.75, 3.05) is 10.6 Å². The molecule has 1 aliphatic heterocycles. The van der Waals surface area contributed by atoms with Crippen molar-refractivity contribution >= 4 is 72.5 Å². The number of amides is 1. The molecule has 31 heavy (non-hydrogen) atoms. The number of nitrogens with one attached hydrogen (secondary N) is 2. The molecule has 0 saturated heterocycles. The van der Waals surface area contributed by atoms with Crippen LogP contribution in [0.1, 0.15) is 34.8 Å². The lowest BCUT2D eigenvalue weighted by molar-refractivity contribution is -0.174. The van der Waals surface area contributed by atoms with Gasteiger partial charge in [0.25, 0.3) is 5.91 Å². The minimum atomic E-state index is -4.60. The molecule has 0 aliphatic carbocycles. The predicted octanol–water partition coefficient (Wildman–Crippen LogP) is 7.22. The van der Waals surface area contributed by atoms with Gasteiger partial charge in [0.15, 0.2) is 16.4 Å². The van der Waals surface area contributed by atoms with E-state index < -0.39 is 24.2 Å². The predicted molar refractivity (Wildman–Crippen MR) is 117 cm³/mol. The molecule has 2 atom stereocenters. The van der Waals surface area contributed by atoms with Crippen LogP contribution in [-0.2, 0) is 0 Å². The largest absolute Gasteiger partial charge is 0.452 e. The van der Waals surface area contributed by atoms with E-state index in [1.807, 2.05) is 0 Å². The SMILES string of the molecule is O=C(Nc1ccc(Cl)cc1Cl)c1nn2c(c1Br)N[C@@H](c1ccc(Br)o1)C[C@H]2C(F)(F)F. The van der Waals surface area contributed by atoms with Crippen LogP contribution in [0.3, 0.4) is 0 Å². The molecule has 4 rings (SSSR count). The number of aromatic nitrogens is 2. The Bertz CT molecular complexity index is 1170. The number of carbonyl (C=O) groups excluding carboxylic acids is 1. The van der Waals surface area contributed by atoms with Crippen LogP contribution in [0.2, 0.25) is 10.0 Å². The summed E-state index contributed by atoms with van der Waals surface area (Å²) in [6.07, 6.45) is -4.97. The van der Waals surface area contributed by atoms with Gasteiger partial charge < -0.3 is 15.1 Å². The summed E-state index contributed by atoms with van der Waals surface area (Å²) in [6, 6.07) is 4.85. The quantitative estimate of drug-likeness (QED) is 0.332. The normalized spacial score (nSPS) is 18.4. The highest BCUT2D eigenvalue weighted by atomic mass is 79.9. The van der Waals surface area contributed by atoms with E-state index in [4.69, 9.17) is 27.6 Å². The zero-order valence-electron chi connectivity index (χ0n) is 15.1. The van der Waals surface area contributed by atoms with Gasteiger partial charge in [-0.25, -0.2) is 4.68 Å². The minimum Gasteiger partial charge on any atom is -0.452 e. The number of carbonyl (C=O) groups is 1. The Morgan fingerprint density at radius 2 is 2.00 bits per heavy atom. The molecular formula is C18H11Br2Cl2F3N4O2. The van der Waals surface area contributed by atoms with Gasteiger partial charge >= 0.3 is 6.18 Å². The summed E-state index contributed by atoms with van der Waals surface area (Å²) in [4.78, 5) is 12.8. The Kier molecular flexibility index (Phi) is 6.06. The Morgan fingerprint density at radius 1 is 1.26 bits per heavy atom. The van der Waals surface area contributed by atoms with Gasteiger partial charge in [-0.05, 0) is 62.2 Å². The van der Waals surface area contributed by atoms with Gasteiger partial charge in [-0.3, -0.25) is 4.79 Å². The fourth-order valence-electron chi connectivity index (χ4n) is 3.21. The van der Waals surface area contributed by atoms with Crippen LogP contribution in [0.25, 0.3) is 0 Å². The molecular weight excluding hydrogens is 592 g/mol. The Balaban J connectivity index is 1.70. The lowest BCUT2D eigenvalue weighted by Crippen LogP contribution is -2.35. The van der Waals surface area contributed by atoms with Crippen molar-refractivity contribution in [2.24, 2.45) is 0 Å². The van der Waals surface area contributed by atoms with Crippen LogP contribution >= 0.6 is 55.1 Å². The van der Waals surface area contributed by atoms with Gasteiger partial charge in [0.05, 0.1) is 21.2 Å². The van der Waals surface area contributed by atoms with Crippen molar-refractivity contribution in [3.63, 3.8) is 0 Å². The van der Waals surface area contributed by atoms with E-state index in [0.29, 0.717) is 15.5 Å². The molecule has 0 unspecified atom stereocenters. The average Bonchev–Trinajstić information content (AvgIpc) is 3.26. The molecule has 3 heterocycles. The van der Waals surface area contributed by atoms with Gasteiger partial charge in [-0.15, -0.1) is 0 Å². The number of hydrogen-bond acceptors (Lipinski definition) is 4. The van der Waals surface area contributed by atoms with Crippen molar-refractivity contribution in [1.29, 1.82) is 0 Å². The first-order valence-corrected chi connectivity index (χ1v) is 11.0. The van der Waals surface area contributed by atoms with Crippen LogP contribution in [-0.4, -0.2) is 21.9 Å². The zero-order chi connectivity index (χ0) is 22.5. The summed E-state index contributed by atoms with van der Waals surface area (Å²) >= 11 is 18.3. The maximum Gasteiger partial charge on any atom is 0.410 e. The Morgan fingerprint density at radius 3 is 2.61 bits per heavy atom.